The third-order valence-electron chi connectivity index (χ3n) is 7.27. The van der Waals surface area contributed by atoms with Crippen molar-refractivity contribution in [2.24, 2.45) is 5.92 Å². The Balaban J connectivity index is 0.000000638. The third-order valence-corrected chi connectivity index (χ3v) is 7.27. The van der Waals surface area contributed by atoms with E-state index in [1.807, 2.05) is 0 Å². The summed E-state index contributed by atoms with van der Waals surface area (Å²) < 4.78 is 0. The highest BCUT2D eigenvalue weighted by molar-refractivity contribution is 5.94. The number of aromatic nitrogens is 1. The minimum Gasteiger partial charge on any atom is -0.371 e. The van der Waals surface area contributed by atoms with Crippen LogP contribution < -0.4 is 15.5 Å². The highest BCUT2D eigenvalue weighted by Gasteiger charge is 2.27. The van der Waals surface area contributed by atoms with Gasteiger partial charge in [0, 0.05) is 48.9 Å². The van der Waals surface area contributed by atoms with Crippen molar-refractivity contribution < 1.29 is 0 Å². The van der Waals surface area contributed by atoms with Crippen LogP contribution in [0, 0.1) is 18.4 Å². The molecule has 35 heavy (non-hydrogen) atoms. The van der Waals surface area contributed by atoms with E-state index < -0.39 is 0 Å². The maximum atomic E-state index is 5.09. The standard InChI is InChI=1S/C27H33N3.C3H5N.CH4/c1-3-19-8-11-24-26(17-19)29-25(18-27(24)30-12-4-5-13-30)22-9-6-20(7-10-22)14-21-15-23(16-21)28-2;1-3-4-2;/h6-11,17-18,21,23,28H,3-5,12-16H2,1-2H3;1,4H,2H3;1H4. The normalized spacial score (nSPS) is 18.6. The van der Waals surface area contributed by atoms with Gasteiger partial charge in [0.1, 0.15) is 0 Å². The molecule has 0 unspecified atom stereocenters. The summed E-state index contributed by atoms with van der Waals surface area (Å²) in [7, 11) is 3.77. The highest BCUT2D eigenvalue weighted by Crippen LogP contribution is 2.34. The fourth-order valence-corrected chi connectivity index (χ4v) is 5.13. The number of nitrogens with zero attached hydrogens (tertiary/aromatic N) is 2. The van der Waals surface area contributed by atoms with Crippen molar-refractivity contribution in [1.29, 1.82) is 0 Å². The van der Waals surface area contributed by atoms with Gasteiger partial charge in [-0.05, 0) is 74.8 Å². The fraction of sp³-hybridized carbons (Fsp3) is 0.452. The van der Waals surface area contributed by atoms with Gasteiger partial charge in [-0.2, -0.15) is 0 Å². The number of hydrogen-bond donors (Lipinski definition) is 2. The van der Waals surface area contributed by atoms with E-state index in [2.05, 4.69) is 90.5 Å². The lowest BCUT2D eigenvalue weighted by atomic mass is 9.77. The molecule has 1 saturated heterocycles. The molecule has 0 bridgehead atoms. The van der Waals surface area contributed by atoms with Crippen LogP contribution in [0.2, 0.25) is 0 Å². The Morgan fingerprint density at radius 3 is 2.26 bits per heavy atom. The van der Waals surface area contributed by atoms with Crippen molar-refractivity contribution in [3.05, 3.63) is 59.7 Å². The maximum absolute atomic E-state index is 5.09. The van der Waals surface area contributed by atoms with Gasteiger partial charge in [-0.1, -0.05) is 57.2 Å². The van der Waals surface area contributed by atoms with E-state index in [4.69, 9.17) is 4.98 Å². The second-order valence-corrected chi connectivity index (χ2v) is 9.54. The number of anilines is 1. The van der Waals surface area contributed by atoms with E-state index in [0.29, 0.717) is 0 Å². The van der Waals surface area contributed by atoms with Crippen molar-refractivity contribution >= 4 is 16.6 Å². The molecule has 4 heteroatoms. The lowest BCUT2D eigenvalue weighted by Gasteiger charge is -2.35. The lowest BCUT2D eigenvalue weighted by molar-refractivity contribution is 0.232. The Morgan fingerprint density at radius 2 is 1.66 bits per heavy atom. The van der Waals surface area contributed by atoms with Crippen molar-refractivity contribution in [2.45, 2.75) is 58.9 Å². The van der Waals surface area contributed by atoms with Gasteiger partial charge in [-0.3, -0.25) is 0 Å². The molecule has 2 aliphatic rings. The third kappa shape index (κ3) is 6.35. The van der Waals surface area contributed by atoms with Crippen LogP contribution >= 0.6 is 0 Å². The Bertz CT molecular complexity index is 1120. The maximum Gasteiger partial charge on any atom is 0.0733 e. The van der Waals surface area contributed by atoms with Crippen molar-refractivity contribution in [3.63, 3.8) is 0 Å². The molecular weight excluding hydrogens is 428 g/mol. The van der Waals surface area contributed by atoms with Crippen LogP contribution in [0.1, 0.15) is 51.2 Å². The molecular formula is C31H42N4. The summed E-state index contributed by atoms with van der Waals surface area (Å²) in [6.45, 7) is 4.52. The topological polar surface area (TPSA) is 40.2 Å². The number of rotatable bonds is 6. The summed E-state index contributed by atoms with van der Waals surface area (Å²) in [5.41, 5.74) is 7.62. The summed E-state index contributed by atoms with van der Waals surface area (Å²) in [4.78, 5) is 7.63. The molecule has 1 aliphatic heterocycles. The first-order valence-corrected chi connectivity index (χ1v) is 12.7. The molecule has 1 aliphatic carbocycles. The minimum absolute atomic E-state index is 0. The molecule has 4 nitrogen and oxygen atoms in total. The second kappa shape index (κ2) is 12.6. The monoisotopic (exact) mass is 470 g/mol. The van der Waals surface area contributed by atoms with Gasteiger partial charge in [0.05, 0.1) is 11.2 Å². The predicted molar refractivity (Wildman–Crippen MR) is 152 cm³/mol. The quantitative estimate of drug-likeness (QED) is 0.340. The number of nitrogens with one attached hydrogen (secondary N) is 2. The first kappa shape index (κ1) is 26.6. The fourth-order valence-electron chi connectivity index (χ4n) is 5.13. The van der Waals surface area contributed by atoms with Gasteiger partial charge in [0.2, 0.25) is 0 Å². The number of fused-ring (bicyclic) bond motifs is 1. The van der Waals surface area contributed by atoms with E-state index in [-0.39, 0.29) is 7.43 Å². The zero-order chi connectivity index (χ0) is 23.9. The minimum atomic E-state index is 0. The summed E-state index contributed by atoms with van der Waals surface area (Å²) in [6.07, 6.45) is 12.1. The molecule has 186 valence electrons. The molecule has 0 spiro atoms. The van der Waals surface area contributed by atoms with Gasteiger partial charge < -0.3 is 15.5 Å². The first-order chi connectivity index (χ1) is 16.6. The summed E-state index contributed by atoms with van der Waals surface area (Å²) in [5, 5.41) is 7.14. The molecule has 0 radical (unpaired) electrons. The Labute approximate surface area is 212 Å². The SMILES string of the molecule is C.C#CNC.CCc1ccc2c(N3CCCC3)cc(-c3ccc(CC4CC(NC)C4)cc3)nc2c1. The van der Waals surface area contributed by atoms with E-state index in [1.165, 1.54) is 59.9 Å². The predicted octanol–water partition coefficient (Wildman–Crippen LogP) is 6.04. The molecule has 3 aromatic rings. The molecule has 2 fully saturated rings. The smallest absolute Gasteiger partial charge is 0.0733 e. The van der Waals surface area contributed by atoms with Crippen molar-refractivity contribution in [2.75, 3.05) is 32.1 Å². The van der Waals surface area contributed by atoms with Gasteiger partial charge in [0.15, 0.2) is 0 Å². The number of benzene rings is 2. The highest BCUT2D eigenvalue weighted by atomic mass is 15.1. The van der Waals surface area contributed by atoms with Crippen molar-refractivity contribution in [3.8, 4) is 23.7 Å². The Kier molecular flexibility index (Phi) is 9.57. The van der Waals surface area contributed by atoms with Crippen LogP contribution in [-0.4, -0.2) is 38.2 Å². The second-order valence-electron chi connectivity index (χ2n) is 9.54. The average molecular weight is 471 g/mol. The number of hydrogen-bond acceptors (Lipinski definition) is 4. The zero-order valence-electron chi connectivity index (χ0n) is 20.9. The van der Waals surface area contributed by atoms with Crippen LogP contribution in [0.15, 0.2) is 48.5 Å². The van der Waals surface area contributed by atoms with Crippen LogP contribution in [0.3, 0.4) is 0 Å². The Hall–Kier alpha value is -3.03. The van der Waals surface area contributed by atoms with E-state index in [9.17, 15) is 0 Å². The number of aryl methyl sites for hydroxylation is 1. The molecule has 1 saturated carbocycles. The average Bonchev–Trinajstić information content (AvgIpc) is 3.40. The molecule has 2 heterocycles. The van der Waals surface area contributed by atoms with Crippen molar-refractivity contribution in [1.82, 2.24) is 15.6 Å². The largest absolute Gasteiger partial charge is 0.371 e. The molecule has 5 rings (SSSR count). The summed E-state index contributed by atoms with van der Waals surface area (Å²) in [5.74, 6) is 0.835. The molecule has 2 aromatic carbocycles. The van der Waals surface area contributed by atoms with E-state index in [1.54, 1.807) is 7.05 Å². The van der Waals surface area contributed by atoms with Gasteiger partial charge in [-0.15, -0.1) is 0 Å². The first-order valence-electron chi connectivity index (χ1n) is 12.7. The van der Waals surface area contributed by atoms with Crippen LogP contribution in [0.4, 0.5) is 5.69 Å². The van der Waals surface area contributed by atoms with Gasteiger partial charge >= 0.3 is 0 Å². The van der Waals surface area contributed by atoms with E-state index in [0.717, 1.165) is 42.7 Å². The number of terminal acetylenes is 1. The van der Waals surface area contributed by atoms with Crippen LogP contribution in [0.5, 0.6) is 0 Å². The van der Waals surface area contributed by atoms with Crippen LogP contribution in [-0.2, 0) is 12.8 Å². The lowest BCUT2D eigenvalue weighted by Crippen LogP contribution is -2.39. The van der Waals surface area contributed by atoms with Crippen LogP contribution in [0.25, 0.3) is 22.2 Å². The Morgan fingerprint density at radius 1 is 1.00 bits per heavy atom. The zero-order valence-corrected chi connectivity index (χ0v) is 20.9. The van der Waals surface area contributed by atoms with E-state index >= 15 is 0 Å². The molecule has 2 N–H and O–H groups in total. The van der Waals surface area contributed by atoms with Gasteiger partial charge in [0.25, 0.3) is 0 Å². The van der Waals surface area contributed by atoms with Gasteiger partial charge in [-0.25, -0.2) is 4.98 Å². The summed E-state index contributed by atoms with van der Waals surface area (Å²) >= 11 is 0. The molecule has 0 amide bonds. The molecule has 1 aromatic heterocycles. The molecule has 0 atom stereocenters. The number of pyridine rings is 1. The summed E-state index contributed by atoms with van der Waals surface area (Å²) in [6, 6.07) is 21.2.